The normalized spacial score (nSPS) is 11.0. The Bertz CT molecular complexity index is 976. The Labute approximate surface area is 150 Å². The number of rotatable bonds is 7. The molecule has 1 aromatic carbocycles. The fourth-order valence-electron chi connectivity index (χ4n) is 2.67. The fraction of sp³-hybridized carbons (Fsp3) is 0.333. The van der Waals surface area contributed by atoms with Crippen molar-refractivity contribution in [2.45, 2.75) is 26.6 Å². The average Bonchev–Trinajstić information content (AvgIpc) is 3.03. The molecule has 0 aliphatic carbocycles. The molecule has 0 saturated heterocycles. The van der Waals surface area contributed by atoms with Crippen molar-refractivity contribution >= 4 is 16.9 Å². The van der Waals surface area contributed by atoms with Crippen LogP contribution < -0.4 is 10.9 Å². The van der Waals surface area contributed by atoms with Gasteiger partial charge < -0.3 is 10.1 Å². The predicted molar refractivity (Wildman–Crippen MR) is 96.4 cm³/mol. The summed E-state index contributed by atoms with van der Waals surface area (Å²) in [6.07, 6.45) is 2.83. The summed E-state index contributed by atoms with van der Waals surface area (Å²) in [5.41, 5.74) is 2.24. The summed E-state index contributed by atoms with van der Waals surface area (Å²) >= 11 is 0. The monoisotopic (exact) mass is 355 g/mol. The van der Waals surface area contributed by atoms with Crippen LogP contribution in [0.25, 0.3) is 11.0 Å². The minimum Gasteiger partial charge on any atom is -0.377 e. The molecule has 0 fully saturated rings. The molecule has 8 heteroatoms. The third-order valence-corrected chi connectivity index (χ3v) is 4.09. The number of carbonyl (C=O) groups is 1. The number of carbonyl (C=O) groups excluding carboxylic acids is 1. The number of hydrogen-bond donors (Lipinski definition) is 1. The zero-order chi connectivity index (χ0) is 18.5. The van der Waals surface area contributed by atoms with Crippen molar-refractivity contribution in [2.75, 3.05) is 6.61 Å². The first-order valence-electron chi connectivity index (χ1n) is 8.38. The lowest BCUT2D eigenvalue weighted by Gasteiger charge is -2.11. The molecule has 0 spiro atoms. The van der Waals surface area contributed by atoms with Crippen LogP contribution in [0.15, 0.2) is 41.6 Å². The lowest BCUT2D eigenvalue weighted by Crippen LogP contribution is -2.32. The predicted octanol–water partition coefficient (Wildman–Crippen LogP) is 0.983. The van der Waals surface area contributed by atoms with Crippen molar-refractivity contribution in [2.24, 2.45) is 7.05 Å². The van der Waals surface area contributed by atoms with Gasteiger partial charge in [-0.05, 0) is 18.1 Å². The molecule has 0 aliphatic heterocycles. The van der Waals surface area contributed by atoms with Gasteiger partial charge in [0, 0.05) is 20.2 Å². The second-order valence-electron chi connectivity index (χ2n) is 5.87. The van der Waals surface area contributed by atoms with Gasteiger partial charge in [-0.1, -0.05) is 24.3 Å². The highest BCUT2D eigenvalue weighted by Gasteiger charge is 2.11. The molecule has 8 nitrogen and oxygen atoms in total. The number of amides is 1. The number of ether oxygens (including phenoxy) is 1. The summed E-state index contributed by atoms with van der Waals surface area (Å²) in [6, 6.07) is 7.78. The molecule has 0 unspecified atom stereocenters. The van der Waals surface area contributed by atoms with Gasteiger partial charge in [0.05, 0.1) is 12.8 Å². The largest absolute Gasteiger partial charge is 0.377 e. The molecule has 0 aliphatic rings. The molecule has 0 radical (unpaired) electrons. The summed E-state index contributed by atoms with van der Waals surface area (Å²) in [5.74, 6) is -0.261. The molecule has 0 saturated carbocycles. The number of nitrogens with zero attached hydrogens (tertiary/aromatic N) is 4. The number of fused-ring (bicyclic) bond motifs is 1. The van der Waals surface area contributed by atoms with E-state index in [0.29, 0.717) is 30.8 Å². The minimum atomic E-state index is -0.282. The molecule has 0 atom stereocenters. The molecule has 2 heterocycles. The van der Waals surface area contributed by atoms with E-state index in [1.807, 2.05) is 31.2 Å². The maximum atomic E-state index is 12.4. The Morgan fingerprint density at radius 1 is 1.27 bits per heavy atom. The van der Waals surface area contributed by atoms with Crippen LogP contribution >= 0.6 is 0 Å². The highest BCUT2D eigenvalue weighted by Crippen LogP contribution is 2.10. The summed E-state index contributed by atoms with van der Waals surface area (Å²) in [5, 5.41) is 7.25. The van der Waals surface area contributed by atoms with Gasteiger partial charge in [0.15, 0.2) is 5.65 Å². The lowest BCUT2D eigenvalue weighted by atomic mass is 10.1. The van der Waals surface area contributed by atoms with Gasteiger partial charge in [-0.25, -0.2) is 4.98 Å². The van der Waals surface area contributed by atoms with E-state index >= 15 is 0 Å². The second kappa shape index (κ2) is 7.92. The number of nitrogens with one attached hydrogen (secondary N) is 1. The quantitative estimate of drug-likeness (QED) is 0.682. The van der Waals surface area contributed by atoms with Gasteiger partial charge in [0.2, 0.25) is 5.91 Å². The van der Waals surface area contributed by atoms with E-state index in [1.54, 1.807) is 7.05 Å². The van der Waals surface area contributed by atoms with E-state index in [4.69, 9.17) is 4.74 Å². The lowest BCUT2D eigenvalue weighted by molar-refractivity contribution is -0.121. The van der Waals surface area contributed by atoms with Gasteiger partial charge in [0.1, 0.15) is 18.3 Å². The second-order valence-corrected chi connectivity index (χ2v) is 5.87. The first-order chi connectivity index (χ1) is 12.6. The topological polar surface area (TPSA) is 91.0 Å². The van der Waals surface area contributed by atoms with Crippen LogP contribution in [0.3, 0.4) is 0 Å². The molecule has 3 aromatic rings. The zero-order valence-electron chi connectivity index (χ0n) is 14.8. The van der Waals surface area contributed by atoms with Crippen LogP contribution in [0.2, 0.25) is 0 Å². The van der Waals surface area contributed by atoms with E-state index in [0.717, 1.165) is 11.1 Å². The smallest absolute Gasteiger partial charge is 0.264 e. The van der Waals surface area contributed by atoms with E-state index in [2.05, 4.69) is 15.4 Å². The van der Waals surface area contributed by atoms with Crippen LogP contribution in [0.1, 0.15) is 18.1 Å². The summed E-state index contributed by atoms with van der Waals surface area (Å²) in [6.45, 7) is 3.36. The SMILES string of the molecule is CCOCc1ccccc1CNC(=O)Cn1cnc2c(cnn2C)c1=O. The molecule has 1 amide bonds. The fourth-order valence-corrected chi connectivity index (χ4v) is 2.67. The maximum Gasteiger partial charge on any atom is 0.264 e. The van der Waals surface area contributed by atoms with Crippen molar-refractivity contribution in [3.8, 4) is 0 Å². The van der Waals surface area contributed by atoms with Gasteiger partial charge in [-0.3, -0.25) is 18.8 Å². The Morgan fingerprint density at radius 2 is 2.04 bits per heavy atom. The van der Waals surface area contributed by atoms with Crippen LogP contribution in [0.5, 0.6) is 0 Å². The van der Waals surface area contributed by atoms with E-state index < -0.39 is 0 Å². The number of aryl methyl sites for hydroxylation is 1. The Hall–Kier alpha value is -3.00. The molecular weight excluding hydrogens is 334 g/mol. The Morgan fingerprint density at radius 3 is 2.81 bits per heavy atom. The summed E-state index contributed by atoms with van der Waals surface area (Å²) in [4.78, 5) is 28.8. The number of aromatic nitrogens is 4. The van der Waals surface area contributed by atoms with Gasteiger partial charge in [-0.2, -0.15) is 5.10 Å². The first-order valence-corrected chi connectivity index (χ1v) is 8.38. The molecular formula is C18H21N5O3. The Balaban J connectivity index is 1.67. The number of hydrogen-bond acceptors (Lipinski definition) is 5. The van der Waals surface area contributed by atoms with Crippen molar-refractivity contribution in [3.05, 3.63) is 58.3 Å². The van der Waals surface area contributed by atoms with Crippen molar-refractivity contribution in [3.63, 3.8) is 0 Å². The highest BCUT2D eigenvalue weighted by molar-refractivity contribution is 5.77. The third kappa shape index (κ3) is 3.80. The molecule has 3 rings (SSSR count). The molecule has 136 valence electrons. The van der Waals surface area contributed by atoms with E-state index in [-0.39, 0.29) is 18.0 Å². The van der Waals surface area contributed by atoms with Crippen molar-refractivity contribution in [1.82, 2.24) is 24.6 Å². The molecule has 1 N–H and O–H groups in total. The van der Waals surface area contributed by atoms with Crippen LogP contribution in [-0.2, 0) is 36.3 Å². The first kappa shape index (κ1) is 17.8. The van der Waals surface area contributed by atoms with Crippen LogP contribution in [-0.4, -0.2) is 31.8 Å². The Kier molecular flexibility index (Phi) is 5.43. The van der Waals surface area contributed by atoms with E-state index in [9.17, 15) is 9.59 Å². The standard InChI is InChI=1S/C18H21N5O3/c1-3-26-11-14-7-5-4-6-13(14)8-19-16(24)10-23-12-20-17-15(18(23)25)9-21-22(17)2/h4-7,9,12H,3,8,10-11H2,1-2H3,(H,19,24). The van der Waals surface area contributed by atoms with Crippen molar-refractivity contribution in [1.29, 1.82) is 0 Å². The van der Waals surface area contributed by atoms with Crippen molar-refractivity contribution < 1.29 is 9.53 Å². The summed E-state index contributed by atoms with van der Waals surface area (Å²) in [7, 11) is 1.71. The van der Waals surface area contributed by atoms with Crippen LogP contribution in [0, 0.1) is 0 Å². The number of benzene rings is 1. The summed E-state index contributed by atoms with van der Waals surface area (Å²) < 4.78 is 8.25. The van der Waals surface area contributed by atoms with Gasteiger partial charge in [0.25, 0.3) is 5.56 Å². The van der Waals surface area contributed by atoms with Gasteiger partial charge in [-0.15, -0.1) is 0 Å². The molecule has 2 aromatic heterocycles. The molecule has 26 heavy (non-hydrogen) atoms. The average molecular weight is 355 g/mol. The zero-order valence-corrected chi connectivity index (χ0v) is 14.8. The minimum absolute atomic E-state index is 0.0930. The van der Waals surface area contributed by atoms with Gasteiger partial charge >= 0.3 is 0 Å². The van der Waals surface area contributed by atoms with E-state index in [1.165, 1.54) is 21.8 Å². The van der Waals surface area contributed by atoms with Crippen LogP contribution in [0.4, 0.5) is 0 Å². The molecule has 0 bridgehead atoms. The maximum absolute atomic E-state index is 12.4. The third-order valence-electron chi connectivity index (χ3n) is 4.09. The highest BCUT2D eigenvalue weighted by atomic mass is 16.5.